The molecule has 4 rings (SSSR count). The second kappa shape index (κ2) is 9.67. The molecule has 1 aliphatic rings. The van der Waals surface area contributed by atoms with Gasteiger partial charge in [-0.15, -0.1) is 0 Å². The fraction of sp³-hybridized carbons (Fsp3) is 0.261. The van der Waals surface area contributed by atoms with E-state index in [0.29, 0.717) is 39.7 Å². The molecule has 9 heteroatoms. The molecule has 0 bridgehead atoms. The summed E-state index contributed by atoms with van der Waals surface area (Å²) in [4.78, 5) is 32.4. The molecule has 3 aromatic rings. The van der Waals surface area contributed by atoms with E-state index in [2.05, 4.69) is 15.3 Å². The Kier molecular flexibility index (Phi) is 6.72. The number of rotatable bonds is 7. The first-order valence-electron chi connectivity index (χ1n) is 10.1. The smallest absolute Gasteiger partial charge is 0.257 e. The number of amides is 1. The number of carbonyl (C=O) groups excluding carboxylic acids is 1. The lowest BCUT2D eigenvalue weighted by atomic mass is 9.86. The van der Waals surface area contributed by atoms with Crippen LogP contribution in [0.15, 0.2) is 52.4 Å². The minimum Gasteiger partial charge on any atom is -0.493 e. The molecule has 166 valence electrons. The molecule has 0 fully saturated rings. The van der Waals surface area contributed by atoms with E-state index in [1.165, 1.54) is 11.8 Å². The molecule has 0 saturated carbocycles. The summed E-state index contributed by atoms with van der Waals surface area (Å²) in [6.45, 7) is 2.29. The highest BCUT2D eigenvalue weighted by Gasteiger charge is 2.31. The Balaban J connectivity index is 1.64. The van der Waals surface area contributed by atoms with E-state index in [0.717, 1.165) is 16.9 Å². The number of methoxy groups -OCH3 is 1. The van der Waals surface area contributed by atoms with Crippen molar-refractivity contribution in [3.05, 3.63) is 74.5 Å². The summed E-state index contributed by atoms with van der Waals surface area (Å²) in [5.41, 5.74) is 1.90. The first kappa shape index (κ1) is 22.2. The summed E-state index contributed by atoms with van der Waals surface area (Å²) in [6.07, 6.45) is 0.143. The molecule has 1 unspecified atom stereocenters. The minimum atomic E-state index is -0.438. The second-order valence-corrected chi connectivity index (χ2v) is 8.89. The quantitative estimate of drug-likeness (QED) is 0.386. The minimum absolute atomic E-state index is 0.143. The van der Waals surface area contributed by atoms with Gasteiger partial charge in [-0.05, 0) is 41.1 Å². The van der Waals surface area contributed by atoms with Crippen LogP contribution in [0.3, 0.4) is 0 Å². The van der Waals surface area contributed by atoms with Crippen LogP contribution in [0.2, 0.25) is 5.02 Å². The maximum atomic E-state index is 12.8. The highest BCUT2D eigenvalue weighted by molar-refractivity contribution is 7.99. The molecule has 1 atom stereocenters. The Labute approximate surface area is 194 Å². The third-order valence-electron chi connectivity index (χ3n) is 5.08. The lowest BCUT2D eigenvalue weighted by Crippen LogP contribution is -2.31. The molecule has 0 aliphatic carbocycles. The first-order valence-corrected chi connectivity index (χ1v) is 11.5. The monoisotopic (exact) mass is 471 g/mol. The molecule has 2 heterocycles. The van der Waals surface area contributed by atoms with E-state index < -0.39 is 5.92 Å². The fourth-order valence-electron chi connectivity index (χ4n) is 3.65. The van der Waals surface area contributed by atoms with E-state index in [1.807, 2.05) is 31.2 Å². The maximum Gasteiger partial charge on any atom is 0.257 e. The zero-order valence-electron chi connectivity index (χ0n) is 17.6. The van der Waals surface area contributed by atoms with E-state index in [9.17, 15) is 9.59 Å². The molecule has 2 N–H and O–H groups in total. The van der Waals surface area contributed by atoms with E-state index in [4.69, 9.17) is 21.1 Å². The average Bonchev–Trinajstić information content (AvgIpc) is 2.77. The molecule has 1 amide bonds. The van der Waals surface area contributed by atoms with E-state index in [-0.39, 0.29) is 17.9 Å². The van der Waals surface area contributed by atoms with Crippen LogP contribution in [0.25, 0.3) is 0 Å². The van der Waals surface area contributed by atoms with Crippen molar-refractivity contribution >= 4 is 35.1 Å². The van der Waals surface area contributed by atoms with Crippen LogP contribution in [0.4, 0.5) is 5.82 Å². The summed E-state index contributed by atoms with van der Waals surface area (Å²) in [6, 6.07) is 12.9. The number of hydrogen-bond acceptors (Lipinski definition) is 6. The van der Waals surface area contributed by atoms with E-state index >= 15 is 0 Å². The van der Waals surface area contributed by atoms with Crippen molar-refractivity contribution in [3.8, 4) is 11.5 Å². The number of ether oxygens (including phenoxy) is 2. The van der Waals surface area contributed by atoms with Gasteiger partial charge in [0.2, 0.25) is 5.91 Å². The molecular formula is C23H22ClN3O4S. The maximum absolute atomic E-state index is 12.8. The number of aromatic amines is 1. The van der Waals surface area contributed by atoms with Gasteiger partial charge in [-0.25, -0.2) is 4.98 Å². The first-order chi connectivity index (χ1) is 15.5. The number of H-pyrrole nitrogens is 1. The zero-order valence-corrected chi connectivity index (χ0v) is 19.2. The number of hydrogen-bond donors (Lipinski definition) is 2. The third-order valence-corrected chi connectivity index (χ3v) is 6.07. The second-order valence-electron chi connectivity index (χ2n) is 7.20. The Morgan fingerprint density at radius 3 is 2.78 bits per heavy atom. The standard InChI is InChI=1S/C23H22ClN3O4S/c1-3-32-23-26-21-20(22(29)27-23)16(11-19(28)25-21)14-7-8-17(18(10-14)30-2)31-12-13-5-4-6-15(24)9-13/h4-10,16H,3,11-12H2,1-2H3,(H2,25,26,27,28,29). The number of anilines is 1. The normalized spacial score (nSPS) is 15.1. The van der Waals surface area contributed by atoms with Crippen LogP contribution >= 0.6 is 23.4 Å². The number of nitrogens with one attached hydrogen (secondary N) is 2. The SMILES string of the molecule is CCSc1nc2c(c(=O)[nH]1)C(c1ccc(OCc3cccc(Cl)c3)c(OC)c1)CC(=O)N2. The van der Waals surface area contributed by atoms with Gasteiger partial charge in [0.25, 0.3) is 5.56 Å². The summed E-state index contributed by atoms with van der Waals surface area (Å²) in [5, 5.41) is 3.86. The van der Waals surface area contributed by atoms with Crippen LogP contribution < -0.4 is 20.3 Å². The van der Waals surface area contributed by atoms with Gasteiger partial charge in [0.15, 0.2) is 16.7 Å². The molecule has 2 aromatic carbocycles. The lowest BCUT2D eigenvalue weighted by Gasteiger charge is -2.25. The topological polar surface area (TPSA) is 93.3 Å². The van der Waals surface area contributed by atoms with Crippen molar-refractivity contribution in [3.63, 3.8) is 0 Å². The number of benzene rings is 2. The van der Waals surface area contributed by atoms with Crippen molar-refractivity contribution in [1.82, 2.24) is 9.97 Å². The highest BCUT2D eigenvalue weighted by atomic mass is 35.5. The summed E-state index contributed by atoms with van der Waals surface area (Å²) >= 11 is 7.45. The molecule has 1 aliphatic heterocycles. The van der Waals surface area contributed by atoms with Crippen molar-refractivity contribution < 1.29 is 14.3 Å². The Morgan fingerprint density at radius 1 is 1.19 bits per heavy atom. The van der Waals surface area contributed by atoms with Crippen LogP contribution in [0.5, 0.6) is 11.5 Å². The Morgan fingerprint density at radius 2 is 2.03 bits per heavy atom. The van der Waals surface area contributed by atoms with E-state index in [1.54, 1.807) is 25.3 Å². The Bertz CT molecular complexity index is 1210. The van der Waals surface area contributed by atoms with Crippen molar-refractivity contribution in [1.29, 1.82) is 0 Å². The van der Waals surface area contributed by atoms with Gasteiger partial charge in [-0.3, -0.25) is 9.59 Å². The lowest BCUT2D eigenvalue weighted by molar-refractivity contribution is -0.116. The molecule has 32 heavy (non-hydrogen) atoms. The highest BCUT2D eigenvalue weighted by Crippen LogP contribution is 2.38. The van der Waals surface area contributed by atoms with Crippen LogP contribution in [-0.2, 0) is 11.4 Å². The zero-order chi connectivity index (χ0) is 22.7. The van der Waals surface area contributed by atoms with Crippen molar-refractivity contribution in [2.45, 2.75) is 31.0 Å². The molecule has 1 aromatic heterocycles. The predicted octanol–water partition coefficient (Wildman–Crippen LogP) is 4.60. The number of carbonyl (C=O) groups is 1. The molecule has 7 nitrogen and oxygen atoms in total. The number of fused-ring (bicyclic) bond motifs is 1. The van der Waals surface area contributed by atoms with Crippen molar-refractivity contribution in [2.24, 2.45) is 0 Å². The summed E-state index contributed by atoms with van der Waals surface area (Å²) in [5.74, 6) is 1.51. The summed E-state index contributed by atoms with van der Waals surface area (Å²) in [7, 11) is 1.55. The number of nitrogens with zero attached hydrogens (tertiary/aromatic N) is 1. The fourth-order valence-corrected chi connectivity index (χ4v) is 4.46. The van der Waals surface area contributed by atoms with Gasteiger partial charge < -0.3 is 19.8 Å². The van der Waals surface area contributed by atoms with Gasteiger partial charge in [0.1, 0.15) is 12.4 Å². The Hall–Kier alpha value is -2.97. The van der Waals surface area contributed by atoms with Gasteiger partial charge in [-0.2, -0.15) is 0 Å². The molecule has 0 radical (unpaired) electrons. The predicted molar refractivity (Wildman–Crippen MR) is 125 cm³/mol. The molecule has 0 saturated heterocycles. The van der Waals surface area contributed by atoms with Crippen molar-refractivity contribution in [2.75, 3.05) is 18.2 Å². The van der Waals surface area contributed by atoms with Crippen LogP contribution in [0.1, 0.15) is 36.0 Å². The third kappa shape index (κ3) is 4.76. The van der Waals surface area contributed by atoms with Crippen LogP contribution in [-0.4, -0.2) is 28.7 Å². The van der Waals surface area contributed by atoms with Gasteiger partial charge in [0, 0.05) is 17.4 Å². The van der Waals surface area contributed by atoms with Gasteiger partial charge in [-0.1, -0.05) is 48.5 Å². The largest absolute Gasteiger partial charge is 0.493 e. The van der Waals surface area contributed by atoms with Crippen LogP contribution in [0, 0.1) is 0 Å². The van der Waals surface area contributed by atoms with Gasteiger partial charge in [0.05, 0.1) is 12.7 Å². The summed E-state index contributed by atoms with van der Waals surface area (Å²) < 4.78 is 11.5. The molecule has 0 spiro atoms. The number of halogens is 1. The average molecular weight is 472 g/mol. The number of thioether (sulfide) groups is 1. The van der Waals surface area contributed by atoms with Gasteiger partial charge >= 0.3 is 0 Å². The molecular weight excluding hydrogens is 450 g/mol. The number of aromatic nitrogens is 2.